The van der Waals surface area contributed by atoms with Gasteiger partial charge < -0.3 is 16.0 Å². The number of hydrogen-bond donors (Lipinski definition) is 3. The number of carbonyl (C=O) groups is 1. The Labute approximate surface area is 181 Å². The van der Waals surface area contributed by atoms with Crippen molar-refractivity contribution in [3.05, 3.63) is 40.0 Å². The summed E-state index contributed by atoms with van der Waals surface area (Å²) in [7, 11) is 0. The number of anilines is 1. The van der Waals surface area contributed by atoms with Crippen molar-refractivity contribution < 1.29 is 4.79 Å². The van der Waals surface area contributed by atoms with E-state index < -0.39 is 0 Å². The number of hydrogen-bond acceptors (Lipinski definition) is 5. The van der Waals surface area contributed by atoms with Crippen LogP contribution in [0.3, 0.4) is 0 Å². The Morgan fingerprint density at radius 3 is 2.63 bits per heavy atom. The molecule has 7 nitrogen and oxygen atoms in total. The second kappa shape index (κ2) is 12.6. The number of guanidine groups is 1. The SMILES string of the molecule is CCNC(=NCc1ncc(CC)s1)NCCC(=O)Nc1ccc(C)cn1.I. The van der Waals surface area contributed by atoms with Gasteiger partial charge in [0, 0.05) is 36.8 Å². The third-order valence-corrected chi connectivity index (χ3v) is 4.62. The van der Waals surface area contributed by atoms with Crippen LogP contribution in [0.1, 0.15) is 35.7 Å². The summed E-state index contributed by atoms with van der Waals surface area (Å²) in [5.41, 5.74) is 1.06. The predicted octanol–water partition coefficient (Wildman–Crippen LogP) is 3.11. The Bertz CT molecular complexity index is 732. The molecule has 2 heterocycles. The Kier molecular flexibility index (Phi) is 10.9. The summed E-state index contributed by atoms with van der Waals surface area (Å²) in [5, 5.41) is 10.1. The number of carbonyl (C=O) groups excluding carboxylic acids is 1. The lowest BCUT2D eigenvalue weighted by atomic mass is 10.3. The first kappa shape index (κ1) is 23.3. The highest BCUT2D eigenvalue weighted by molar-refractivity contribution is 14.0. The van der Waals surface area contributed by atoms with Crippen LogP contribution < -0.4 is 16.0 Å². The molecule has 0 atom stereocenters. The van der Waals surface area contributed by atoms with Gasteiger partial charge in [0.05, 0.1) is 6.54 Å². The molecule has 3 N–H and O–H groups in total. The van der Waals surface area contributed by atoms with Crippen molar-refractivity contribution >= 4 is 53.0 Å². The first-order chi connectivity index (χ1) is 12.6. The van der Waals surface area contributed by atoms with Crippen molar-refractivity contribution in [2.45, 2.75) is 40.2 Å². The van der Waals surface area contributed by atoms with Crippen molar-refractivity contribution in [3.8, 4) is 0 Å². The van der Waals surface area contributed by atoms with Crippen LogP contribution in [0.15, 0.2) is 29.5 Å². The summed E-state index contributed by atoms with van der Waals surface area (Å²) in [6.07, 6.45) is 4.95. The topological polar surface area (TPSA) is 91.3 Å². The molecule has 0 radical (unpaired) electrons. The third-order valence-electron chi connectivity index (χ3n) is 3.49. The summed E-state index contributed by atoms with van der Waals surface area (Å²) in [4.78, 5) is 26.3. The first-order valence-electron chi connectivity index (χ1n) is 8.79. The van der Waals surface area contributed by atoms with Gasteiger partial charge in [0.25, 0.3) is 0 Å². The molecule has 0 aromatic carbocycles. The minimum Gasteiger partial charge on any atom is -0.357 e. The highest BCUT2D eigenvalue weighted by Gasteiger charge is 2.05. The lowest BCUT2D eigenvalue weighted by Crippen LogP contribution is -2.38. The average molecular weight is 502 g/mol. The molecule has 0 fully saturated rings. The van der Waals surface area contributed by atoms with Gasteiger partial charge in [-0.1, -0.05) is 13.0 Å². The number of amides is 1. The Hall–Kier alpha value is -1.75. The number of aliphatic imine (C=N–C) groups is 1. The zero-order valence-corrected chi connectivity index (χ0v) is 19.1. The summed E-state index contributed by atoms with van der Waals surface area (Å²) < 4.78 is 0. The van der Waals surface area contributed by atoms with Crippen LogP contribution in [0.4, 0.5) is 5.82 Å². The summed E-state index contributed by atoms with van der Waals surface area (Å²) in [6, 6.07) is 3.71. The quantitative estimate of drug-likeness (QED) is 0.293. The molecule has 0 saturated carbocycles. The largest absolute Gasteiger partial charge is 0.357 e. The van der Waals surface area contributed by atoms with Gasteiger partial charge in [-0.25, -0.2) is 15.0 Å². The molecule has 0 spiro atoms. The Balaban J connectivity index is 0.00000364. The van der Waals surface area contributed by atoms with Gasteiger partial charge in [-0.05, 0) is 31.9 Å². The molecule has 0 aliphatic carbocycles. The fourth-order valence-electron chi connectivity index (χ4n) is 2.11. The van der Waals surface area contributed by atoms with Crippen LogP contribution in [-0.4, -0.2) is 34.9 Å². The molecule has 1 amide bonds. The Morgan fingerprint density at radius 1 is 1.19 bits per heavy atom. The van der Waals surface area contributed by atoms with Gasteiger partial charge in [-0.15, -0.1) is 35.3 Å². The van der Waals surface area contributed by atoms with E-state index in [0.29, 0.717) is 31.3 Å². The van der Waals surface area contributed by atoms with E-state index >= 15 is 0 Å². The second-order valence-electron chi connectivity index (χ2n) is 5.71. The second-order valence-corrected chi connectivity index (χ2v) is 6.91. The maximum atomic E-state index is 12.0. The fraction of sp³-hybridized carbons (Fsp3) is 0.444. The maximum absolute atomic E-state index is 12.0. The molecule has 2 aromatic rings. The summed E-state index contributed by atoms with van der Waals surface area (Å²) >= 11 is 1.68. The predicted molar refractivity (Wildman–Crippen MR) is 122 cm³/mol. The summed E-state index contributed by atoms with van der Waals surface area (Å²) in [6.45, 7) is 7.85. The molecule has 0 unspecified atom stereocenters. The highest BCUT2D eigenvalue weighted by atomic mass is 127. The molecule has 2 aromatic heterocycles. The number of nitrogens with zero attached hydrogens (tertiary/aromatic N) is 3. The van der Waals surface area contributed by atoms with E-state index in [1.54, 1.807) is 23.6 Å². The number of pyridine rings is 1. The molecule has 9 heteroatoms. The number of rotatable bonds is 8. The zero-order valence-electron chi connectivity index (χ0n) is 15.9. The lowest BCUT2D eigenvalue weighted by Gasteiger charge is -2.11. The molecule has 0 bridgehead atoms. The van der Waals surface area contributed by atoms with Crippen LogP contribution in [-0.2, 0) is 17.8 Å². The van der Waals surface area contributed by atoms with Gasteiger partial charge in [-0.2, -0.15) is 0 Å². The van der Waals surface area contributed by atoms with Gasteiger partial charge >= 0.3 is 0 Å². The maximum Gasteiger partial charge on any atom is 0.227 e. The molecular formula is C18H27IN6OS. The van der Waals surface area contributed by atoms with E-state index in [-0.39, 0.29) is 29.9 Å². The van der Waals surface area contributed by atoms with Crippen LogP contribution in [0.25, 0.3) is 0 Å². The zero-order chi connectivity index (χ0) is 18.8. The molecule has 0 saturated heterocycles. The molecule has 0 aliphatic rings. The Morgan fingerprint density at radius 2 is 2.00 bits per heavy atom. The van der Waals surface area contributed by atoms with Crippen molar-refractivity contribution in [3.63, 3.8) is 0 Å². The number of aromatic nitrogens is 2. The van der Waals surface area contributed by atoms with Gasteiger partial charge in [-0.3, -0.25) is 4.79 Å². The van der Waals surface area contributed by atoms with E-state index in [2.05, 4.69) is 37.8 Å². The first-order valence-corrected chi connectivity index (χ1v) is 9.60. The van der Waals surface area contributed by atoms with Crippen LogP contribution in [0.2, 0.25) is 0 Å². The van der Waals surface area contributed by atoms with Gasteiger partial charge in [0.15, 0.2) is 5.96 Å². The molecule has 0 aliphatic heterocycles. The van der Waals surface area contributed by atoms with Crippen LogP contribution >= 0.6 is 35.3 Å². The third kappa shape index (κ3) is 8.65. The monoisotopic (exact) mass is 502 g/mol. The number of nitrogens with one attached hydrogen (secondary N) is 3. The summed E-state index contributed by atoms with van der Waals surface area (Å²) in [5.74, 6) is 1.16. The molecular weight excluding hydrogens is 475 g/mol. The molecule has 148 valence electrons. The average Bonchev–Trinajstić information content (AvgIpc) is 3.10. The van der Waals surface area contributed by atoms with Crippen molar-refractivity contribution in [2.75, 3.05) is 18.4 Å². The lowest BCUT2D eigenvalue weighted by molar-refractivity contribution is -0.116. The van der Waals surface area contributed by atoms with E-state index in [4.69, 9.17) is 0 Å². The standard InChI is InChI=1S/C18H26N6OS.HI/c1-4-14-11-22-17(26-14)12-23-18(19-5-2)20-9-8-16(25)24-15-7-6-13(3)10-21-15;/h6-7,10-11H,4-5,8-9,12H2,1-3H3,(H2,19,20,23)(H,21,24,25);1H. The van der Waals surface area contributed by atoms with Crippen molar-refractivity contribution in [1.82, 2.24) is 20.6 Å². The van der Waals surface area contributed by atoms with Gasteiger partial charge in [0.2, 0.25) is 5.91 Å². The van der Waals surface area contributed by atoms with E-state index in [1.165, 1.54) is 4.88 Å². The number of thiazole rings is 1. The smallest absolute Gasteiger partial charge is 0.227 e. The van der Waals surface area contributed by atoms with E-state index in [1.807, 2.05) is 26.1 Å². The van der Waals surface area contributed by atoms with Crippen LogP contribution in [0, 0.1) is 6.92 Å². The number of aryl methyl sites for hydroxylation is 2. The van der Waals surface area contributed by atoms with E-state index in [9.17, 15) is 4.79 Å². The molecule has 27 heavy (non-hydrogen) atoms. The van der Waals surface area contributed by atoms with Gasteiger partial charge in [0.1, 0.15) is 10.8 Å². The normalized spacial score (nSPS) is 10.9. The minimum absolute atomic E-state index is 0. The van der Waals surface area contributed by atoms with Crippen molar-refractivity contribution in [1.29, 1.82) is 0 Å². The number of halogens is 1. The van der Waals surface area contributed by atoms with E-state index in [0.717, 1.165) is 23.5 Å². The van der Waals surface area contributed by atoms with Crippen molar-refractivity contribution in [2.24, 2.45) is 4.99 Å². The minimum atomic E-state index is -0.0859. The molecule has 2 rings (SSSR count). The van der Waals surface area contributed by atoms with Crippen LogP contribution in [0.5, 0.6) is 0 Å². The highest BCUT2D eigenvalue weighted by Crippen LogP contribution is 2.13. The fourth-order valence-corrected chi connectivity index (χ4v) is 2.90.